The second kappa shape index (κ2) is 9.42. The number of rotatable bonds is 6. The fraction of sp³-hybridized carbons (Fsp3) is 0.400. The first-order valence-corrected chi connectivity index (χ1v) is 11.2. The van der Waals surface area contributed by atoms with E-state index in [0.717, 1.165) is 24.2 Å². The number of likely N-dealkylation sites (tertiary alicyclic amines) is 1. The lowest BCUT2D eigenvalue weighted by Gasteiger charge is -2.34. The van der Waals surface area contributed by atoms with E-state index in [-0.39, 0.29) is 17.7 Å². The van der Waals surface area contributed by atoms with Crippen molar-refractivity contribution < 1.29 is 18.7 Å². The number of nitrogens with zero attached hydrogens (tertiary/aromatic N) is 3. The van der Waals surface area contributed by atoms with Crippen LogP contribution in [0.3, 0.4) is 0 Å². The Labute approximate surface area is 188 Å². The summed E-state index contributed by atoms with van der Waals surface area (Å²) in [5, 5.41) is 0. The third-order valence-electron chi connectivity index (χ3n) is 6.09. The van der Waals surface area contributed by atoms with E-state index in [1.165, 1.54) is 0 Å². The highest BCUT2D eigenvalue weighted by Crippen LogP contribution is 2.28. The van der Waals surface area contributed by atoms with Gasteiger partial charge in [-0.15, -0.1) is 0 Å². The number of piperidine rings is 1. The van der Waals surface area contributed by atoms with Gasteiger partial charge in [0.1, 0.15) is 11.3 Å². The predicted molar refractivity (Wildman–Crippen MR) is 123 cm³/mol. The molecule has 0 saturated carbocycles. The summed E-state index contributed by atoms with van der Waals surface area (Å²) in [5.74, 6) is 1.12. The zero-order chi connectivity index (χ0) is 22.7. The molecule has 2 amide bonds. The monoisotopic (exact) mass is 435 g/mol. The number of amides is 2. The zero-order valence-corrected chi connectivity index (χ0v) is 18.8. The Bertz CT molecular complexity index is 1120. The summed E-state index contributed by atoms with van der Waals surface area (Å²) in [6.45, 7) is 6.47. The van der Waals surface area contributed by atoms with Gasteiger partial charge in [0.25, 0.3) is 5.91 Å². The molecule has 1 unspecified atom stereocenters. The van der Waals surface area contributed by atoms with Gasteiger partial charge in [0.15, 0.2) is 5.58 Å². The van der Waals surface area contributed by atoms with Crippen molar-refractivity contribution in [2.75, 3.05) is 33.3 Å². The van der Waals surface area contributed by atoms with Gasteiger partial charge < -0.3 is 19.0 Å². The topological polar surface area (TPSA) is 75.9 Å². The van der Waals surface area contributed by atoms with Crippen LogP contribution in [0.4, 0.5) is 0 Å². The fourth-order valence-electron chi connectivity index (χ4n) is 4.28. The van der Waals surface area contributed by atoms with Crippen molar-refractivity contribution in [1.29, 1.82) is 0 Å². The minimum Gasteiger partial charge on any atom is -0.497 e. The van der Waals surface area contributed by atoms with Gasteiger partial charge in [0.05, 0.1) is 13.0 Å². The molecule has 0 radical (unpaired) electrons. The maximum absolute atomic E-state index is 13.2. The van der Waals surface area contributed by atoms with Crippen molar-refractivity contribution in [2.45, 2.75) is 26.7 Å². The third kappa shape index (κ3) is 4.33. The van der Waals surface area contributed by atoms with Crippen molar-refractivity contribution in [1.82, 2.24) is 14.8 Å². The van der Waals surface area contributed by atoms with Gasteiger partial charge >= 0.3 is 0 Å². The van der Waals surface area contributed by atoms with E-state index in [2.05, 4.69) is 4.98 Å². The van der Waals surface area contributed by atoms with E-state index in [1.807, 2.05) is 43.0 Å². The second-order valence-corrected chi connectivity index (χ2v) is 8.03. The maximum Gasteiger partial charge on any atom is 0.254 e. The van der Waals surface area contributed by atoms with Gasteiger partial charge in [0, 0.05) is 37.3 Å². The molecular formula is C25H29N3O4. The van der Waals surface area contributed by atoms with Crippen LogP contribution in [-0.4, -0.2) is 59.9 Å². The second-order valence-electron chi connectivity index (χ2n) is 8.03. The number of ether oxygens (including phenoxy) is 1. The Hall–Kier alpha value is -3.35. The number of carbonyl (C=O) groups is 2. The van der Waals surface area contributed by atoms with Gasteiger partial charge in [-0.3, -0.25) is 9.59 Å². The molecule has 0 bridgehead atoms. The van der Waals surface area contributed by atoms with E-state index in [1.54, 1.807) is 30.2 Å². The molecule has 1 fully saturated rings. The summed E-state index contributed by atoms with van der Waals surface area (Å²) in [6, 6.07) is 12.8. The smallest absolute Gasteiger partial charge is 0.254 e. The average molecular weight is 436 g/mol. The summed E-state index contributed by atoms with van der Waals surface area (Å²) in [4.78, 5) is 34.2. The van der Waals surface area contributed by atoms with Crippen LogP contribution in [0.1, 0.15) is 37.0 Å². The lowest BCUT2D eigenvalue weighted by atomic mass is 9.95. The van der Waals surface area contributed by atoms with Gasteiger partial charge in [-0.25, -0.2) is 4.98 Å². The molecule has 0 N–H and O–H groups in total. The van der Waals surface area contributed by atoms with Crippen LogP contribution in [0.25, 0.3) is 22.6 Å². The Kier molecular flexibility index (Phi) is 6.44. The molecule has 7 heteroatoms. The minimum absolute atomic E-state index is 0.0803. The lowest BCUT2D eigenvalue weighted by Crippen LogP contribution is -2.46. The number of benzene rings is 2. The first-order valence-electron chi connectivity index (χ1n) is 11.2. The fourth-order valence-corrected chi connectivity index (χ4v) is 4.28. The van der Waals surface area contributed by atoms with Crippen LogP contribution in [-0.2, 0) is 4.79 Å². The zero-order valence-electron chi connectivity index (χ0n) is 18.8. The van der Waals surface area contributed by atoms with Crippen LogP contribution in [0, 0.1) is 5.92 Å². The van der Waals surface area contributed by atoms with Gasteiger partial charge in [-0.2, -0.15) is 0 Å². The average Bonchev–Trinajstić information content (AvgIpc) is 3.28. The SMILES string of the molecule is CCN(CC)C(=O)C1CCCN(C(=O)c2ccc3nc(-c4cccc(OC)c4)oc3c2)C1. The van der Waals surface area contributed by atoms with Gasteiger partial charge in [0.2, 0.25) is 11.8 Å². The quantitative estimate of drug-likeness (QED) is 0.579. The molecule has 1 saturated heterocycles. The number of methoxy groups -OCH3 is 1. The molecule has 1 atom stereocenters. The highest BCUT2D eigenvalue weighted by molar-refractivity contribution is 5.97. The molecule has 3 aromatic rings. The molecule has 1 aliphatic rings. The normalized spacial score (nSPS) is 16.2. The molecule has 7 nitrogen and oxygen atoms in total. The van der Waals surface area contributed by atoms with E-state index in [4.69, 9.17) is 9.15 Å². The summed E-state index contributed by atoms with van der Waals surface area (Å²) >= 11 is 0. The molecule has 32 heavy (non-hydrogen) atoms. The first kappa shape index (κ1) is 21.9. The molecule has 0 spiro atoms. The minimum atomic E-state index is -0.138. The molecule has 1 aromatic heterocycles. The highest BCUT2D eigenvalue weighted by atomic mass is 16.5. The summed E-state index contributed by atoms with van der Waals surface area (Å²) in [5.41, 5.74) is 2.60. The van der Waals surface area contributed by atoms with Crippen molar-refractivity contribution >= 4 is 22.9 Å². The Morgan fingerprint density at radius 1 is 1.19 bits per heavy atom. The predicted octanol–water partition coefficient (Wildman–Crippen LogP) is 4.22. The van der Waals surface area contributed by atoms with Crippen molar-refractivity contribution in [3.63, 3.8) is 0 Å². The number of hydrogen-bond acceptors (Lipinski definition) is 5. The number of aromatic nitrogens is 1. The first-order chi connectivity index (χ1) is 15.5. The third-order valence-corrected chi connectivity index (χ3v) is 6.09. The standard InChI is InChI=1S/C25H29N3O4/c1-4-27(5-2)25(30)19-9-7-13-28(16-19)24(29)18-11-12-21-22(15-18)32-23(26-21)17-8-6-10-20(14-17)31-3/h6,8,10-12,14-15,19H,4-5,7,9,13,16H2,1-3H3. The summed E-state index contributed by atoms with van der Waals surface area (Å²) in [6.07, 6.45) is 1.65. The number of fused-ring (bicyclic) bond motifs is 1. The Balaban J connectivity index is 1.54. The van der Waals surface area contributed by atoms with Crippen LogP contribution < -0.4 is 4.74 Å². The van der Waals surface area contributed by atoms with E-state index in [9.17, 15) is 9.59 Å². The van der Waals surface area contributed by atoms with Crippen molar-refractivity contribution in [3.8, 4) is 17.2 Å². The molecule has 1 aliphatic heterocycles. The van der Waals surface area contributed by atoms with E-state index < -0.39 is 0 Å². The van der Waals surface area contributed by atoms with Crippen LogP contribution in [0.5, 0.6) is 5.75 Å². The lowest BCUT2D eigenvalue weighted by molar-refractivity contribution is -0.136. The number of hydrogen-bond donors (Lipinski definition) is 0. The summed E-state index contributed by atoms with van der Waals surface area (Å²) < 4.78 is 11.2. The Morgan fingerprint density at radius 2 is 2.00 bits per heavy atom. The van der Waals surface area contributed by atoms with Crippen LogP contribution >= 0.6 is 0 Å². The maximum atomic E-state index is 13.2. The summed E-state index contributed by atoms with van der Waals surface area (Å²) in [7, 11) is 1.61. The van der Waals surface area contributed by atoms with Crippen molar-refractivity contribution in [2.24, 2.45) is 5.92 Å². The molecule has 2 aromatic carbocycles. The molecule has 2 heterocycles. The van der Waals surface area contributed by atoms with Crippen LogP contribution in [0.15, 0.2) is 46.9 Å². The largest absolute Gasteiger partial charge is 0.497 e. The van der Waals surface area contributed by atoms with E-state index in [0.29, 0.717) is 48.7 Å². The highest BCUT2D eigenvalue weighted by Gasteiger charge is 2.31. The van der Waals surface area contributed by atoms with Crippen molar-refractivity contribution in [3.05, 3.63) is 48.0 Å². The molecule has 4 rings (SSSR count). The van der Waals surface area contributed by atoms with Gasteiger partial charge in [-0.05, 0) is 63.1 Å². The van der Waals surface area contributed by atoms with Gasteiger partial charge in [-0.1, -0.05) is 6.07 Å². The molecular weight excluding hydrogens is 406 g/mol. The number of oxazole rings is 1. The number of carbonyl (C=O) groups excluding carboxylic acids is 2. The molecule has 168 valence electrons. The van der Waals surface area contributed by atoms with E-state index >= 15 is 0 Å². The van der Waals surface area contributed by atoms with Crippen LogP contribution in [0.2, 0.25) is 0 Å². The molecule has 0 aliphatic carbocycles. The Morgan fingerprint density at radius 3 is 2.75 bits per heavy atom.